The van der Waals surface area contributed by atoms with E-state index in [1.807, 2.05) is 0 Å². The van der Waals surface area contributed by atoms with Crippen molar-refractivity contribution < 1.29 is 4.57 Å². The highest BCUT2D eigenvalue weighted by Gasteiger charge is 2.12. The van der Waals surface area contributed by atoms with E-state index >= 15 is 0 Å². The summed E-state index contributed by atoms with van der Waals surface area (Å²) in [4.78, 5) is 0. The third-order valence-corrected chi connectivity index (χ3v) is 9.36. The summed E-state index contributed by atoms with van der Waals surface area (Å²) in [5.74, 6) is 0. The molecule has 0 radical (unpaired) electrons. The maximum Gasteiger partial charge on any atom is 0.172 e. The average molecular weight is 571 g/mol. The molecule has 0 bridgehead atoms. The van der Waals surface area contributed by atoms with Gasteiger partial charge in [0.25, 0.3) is 0 Å². The molecule has 1 aromatic heterocycles. The number of hydrogen-bond acceptors (Lipinski definition) is 0. The first-order valence-corrected chi connectivity index (χ1v) is 19.2. The first kappa shape index (κ1) is 38.2. The molecule has 1 heteroatoms. The standard InChI is InChI=1S/C40H76N/c1-5-7-9-11-13-15-17-19-21-23-25-27-29-31-33-39-35-36-41(38(3)4)37-40(39)34-32-30-28-26-24-22-20-18-16-14-12-10-8-6-2/h35-38H,5-34H2,1-4H3/q+1. The van der Waals surface area contributed by atoms with E-state index in [1.165, 1.54) is 193 Å². The van der Waals surface area contributed by atoms with Gasteiger partial charge in [-0.25, -0.2) is 4.57 Å². The minimum atomic E-state index is 0.556. The quantitative estimate of drug-likeness (QED) is 0.0617. The van der Waals surface area contributed by atoms with Crippen LogP contribution < -0.4 is 4.57 Å². The zero-order valence-electron chi connectivity index (χ0n) is 29.0. The van der Waals surface area contributed by atoms with Gasteiger partial charge in [0.05, 0.1) is 0 Å². The van der Waals surface area contributed by atoms with E-state index in [0.717, 1.165) is 0 Å². The molecule has 0 amide bonds. The van der Waals surface area contributed by atoms with Gasteiger partial charge in [-0.3, -0.25) is 0 Å². The molecular formula is C40H76N+. The van der Waals surface area contributed by atoms with E-state index in [1.54, 1.807) is 11.1 Å². The van der Waals surface area contributed by atoms with Gasteiger partial charge in [-0.2, -0.15) is 0 Å². The summed E-state index contributed by atoms with van der Waals surface area (Å²) >= 11 is 0. The van der Waals surface area contributed by atoms with Crippen LogP contribution in [0.25, 0.3) is 0 Å². The largest absolute Gasteiger partial charge is 0.203 e. The van der Waals surface area contributed by atoms with Crippen LogP contribution in [0.1, 0.15) is 225 Å². The predicted molar refractivity (Wildman–Crippen MR) is 185 cm³/mol. The number of aryl methyl sites for hydroxylation is 2. The molecule has 0 saturated heterocycles. The van der Waals surface area contributed by atoms with Gasteiger partial charge in [-0.15, -0.1) is 0 Å². The van der Waals surface area contributed by atoms with Crippen molar-refractivity contribution in [3.05, 3.63) is 29.6 Å². The van der Waals surface area contributed by atoms with Crippen LogP contribution in [-0.2, 0) is 12.8 Å². The van der Waals surface area contributed by atoms with E-state index in [0.29, 0.717) is 6.04 Å². The molecule has 1 rings (SSSR count). The van der Waals surface area contributed by atoms with E-state index in [9.17, 15) is 0 Å². The summed E-state index contributed by atoms with van der Waals surface area (Å²) in [6.45, 7) is 9.23. The monoisotopic (exact) mass is 571 g/mol. The van der Waals surface area contributed by atoms with Crippen LogP contribution in [0.15, 0.2) is 18.5 Å². The lowest BCUT2D eigenvalue weighted by molar-refractivity contribution is -0.716. The fraction of sp³-hybridized carbons (Fsp3) is 0.875. The Labute approximate surface area is 260 Å². The molecule has 41 heavy (non-hydrogen) atoms. The zero-order chi connectivity index (χ0) is 29.6. The van der Waals surface area contributed by atoms with Crippen LogP contribution in [0.4, 0.5) is 0 Å². The third-order valence-electron chi connectivity index (χ3n) is 9.36. The molecule has 0 spiro atoms. The normalized spacial score (nSPS) is 11.6. The summed E-state index contributed by atoms with van der Waals surface area (Å²) in [6.07, 6.45) is 47.7. The Balaban J connectivity index is 2.11. The number of pyridine rings is 1. The summed E-state index contributed by atoms with van der Waals surface area (Å²) in [5.41, 5.74) is 3.27. The lowest BCUT2D eigenvalue weighted by atomic mass is 9.97. The van der Waals surface area contributed by atoms with E-state index < -0.39 is 0 Å². The van der Waals surface area contributed by atoms with Crippen LogP contribution in [-0.4, -0.2) is 0 Å². The second-order valence-corrected chi connectivity index (χ2v) is 13.7. The van der Waals surface area contributed by atoms with Gasteiger partial charge in [-0.05, 0) is 45.1 Å². The fourth-order valence-corrected chi connectivity index (χ4v) is 6.40. The van der Waals surface area contributed by atoms with Crippen LogP contribution >= 0.6 is 0 Å². The van der Waals surface area contributed by atoms with Crippen molar-refractivity contribution in [1.29, 1.82) is 0 Å². The number of nitrogens with zero attached hydrogens (tertiary/aromatic N) is 1. The number of unbranched alkanes of at least 4 members (excludes halogenated alkanes) is 26. The van der Waals surface area contributed by atoms with E-state index in [2.05, 4.69) is 50.7 Å². The summed E-state index contributed by atoms with van der Waals surface area (Å²) in [6, 6.07) is 3.00. The Bertz CT molecular complexity index is 663. The van der Waals surface area contributed by atoms with E-state index in [-0.39, 0.29) is 0 Å². The molecular weight excluding hydrogens is 494 g/mol. The number of rotatable bonds is 31. The second kappa shape index (κ2) is 29.2. The predicted octanol–water partition coefficient (Wildman–Crippen LogP) is 13.6. The van der Waals surface area contributed by atoms with Crippen LogP contribution in [0.5, 0.6) is 0 Å². The van der Waals surface area contributed by atoms with Crippen molar-refractivity contribution >= 4 is 0 Å². The Morgan fingerprint density at radius 2 is 0.707 bits per heavy atom. The van der Waals surface area contributed by atoms with Crippen molar-refractivity contribution in [1.82, 2.24) is 0 Å². The molecule has 0 fully saturated rings. The molecule has 1 aromatic rings. The molecule has 0 aliphatic carbocycles. The average Bonchev–Trinajstić information content (AvgIpc) is 2.97. The first-order valence-electron chi connectivity index (χ1n) is 19.2. The fourth-order valence-electron chi connectivity index (χ4n) is 6.40. The van der Waals surface area contributed by atoms with Gasteiger partial charge in [0.2, 0.25) is 0 Å². The molecule has 0 aliphatic heterocycles. The van der Waals surface area contributed by atoms with Gasteiger partial charge >= 0.3 is 0 Å². The molecule has 0 unspecified atom stereocenters. The minimum absolute atomic E-state index is 0.556. The second-order valence-electron chi connectivity index (χ2n) is 13.7. The Morgan fingerprint density at radius 1 is 0.415 bits per heavy atom. The van der Waals surface area contributed by atoms with Crippen molar-refractivity contribution in [2.45, 2.75) is 226 Å². The lowest BCUT2D eigenvalue weighted by Crippen LogP contribution is -2.36. The highest BCUT2D eigenvalue weighted by atomic mass is 15.0. The number of aromatic nitrogens is 1. The molecule has 1 nitrogen and oxygen atoms in total. The summed E-state index contributed by atoms with van der Waals surface area (Å²) in [7, 11) is 0. The lowest BCUT2D eigenvalue weighted by Gasteiger charge is -2.10. The third kappa shape index (κ3) is 23.3. The van der Waals surface area contributed by atoms with Gasteiger partial charge in [-0.1, -0.05) is 181 Å². The molecule has 0 saturated carbocycles. The van der Waals surface area contributed by atoms with Crippen molar-refractivity contribution in [2.24, 2.45) is 0 Å². The van der Waals surface area contributed by atoms with Gasteiger partial charge in [0.15, 0.2) is 18.4 Å². The molecule has 1 heterocycles. The van der Waals surface area contributed by atoms with Crippen molar-refractivity contribution in [3.63, 3.8) is 0 Å². The molecule has 0 aliphatic rings. The maximum absolute atomic E-state index is 2.48. The topological polar surface area (TPSA) is 3.88 Å². The molecule has 240 valence electrons. The first-order chi connectivity index (χ1) is 20.2. The van der Waals surface area contributed by atoms with Gasteiger partial charge < -0.3 is 0 Å². The van der Waals surface area contributed by atoms with E-state index in [4.69, 9.17) is 0 Å². The maximum atomic E-state index is 2.48. The summed E-state index contributed by atoms with van der Waals surface area (Å²) in [5, 5.41) is 0. The van der Waals surface area contributed by atoms with Crippen LogP contribution in [0.3, 0.4) is 0 Å². The highest BCUT2D eigenvalue weighted by molar-refractivity contribution is 5.21. The van der Waals surface area contributed by atoms with Gasteiger partial charge in [0.1, 0.15) is 0 Å². The smallest absolute Gasteiger partial charge is 0.172 e. The SMILES string of the molecule is CCCCCCCCCCCCCCCCc1cc[n+](C(C)C)cc1CCCCCCCCCCCCCCCC. The molecule has 0 aromatic carbocycles. The number of hydrogen-bond donors (Lipinski definition) is 0. The van der Waals surface area contributed by atoms with Crippen molar-refractivity contribution in [2.75, 3.05) is 0 Å². The Morgan fingerprint density at radius 3 is 1.02 bits per heavy atom. The summed E-state index contributed by atoms with van der Waals surface area (Å²) < 4.78 is 2.42. The zero-order valence-corrected chi connectivity index (χ0v) is 29.0. The highest BCUT2D eigenvalue weighted by Crippen LogP contribution is 2.18. The van der Waals surface area contributed by atoms with Crippen molar-refractivity contribution in [3.8, 4) is 0 Å². The molecule has 0 N–H and O–H groups in total. The van der Waals surface area contributed by atoms with Gasteiger partial charge in [0, 0.05) is 11.6 Å². The minimum Gasteiger partial charge on any atom is -0.203 e. The van der Waals surface area contributed by atoms with Crippen LogP contribution in [0, 0.1) is 0 Å². The Hall–Kier alpha value is -0.850. The molecule has 0 atom stereocenters. The van der Waals surface area contributed by atoms with Crippen LogP contribution in [0.2, 0.25) is 0 Å². The Kier molecular flexibility index (Phi) is 27.2.